The molecule has 1 fully saturated rings. The van der Waals surface area contributed by atoms with Gasteiger partial charge in [-0.25, -0.2) is 0 Å². The molecule has 0 aliphatic heterocycles. The van der Waals surface area contributed by atoms with E-state index in [-0.39, 0.29) is 0 Å². The number of benzene rings is 1. The molecule has 0 saturated heterocycles. The maximum absolute atomic E-state index is 5.90. The number of hydrogen-bond donors (Lipinski definition) is 0. The van der Waals surface area contributed by atoms with E-state index >= 15 is 0 Å². The lowest BCUT2D eigenvalue weighted by atomic mass is 9.78. The van der Waals surface area contributed by atoms with Crippen LogP contribution in [0.25, 0.3) is 0 Å². The Morgan fingerprint density at radius 2 is 1.75 bits per heavy atom. The predicted octanol–water partition coefficient (Wildman–Crippen LogP) is 5.19. The number of rotatable bonds is 3. The molecule has 0 aromatic heterocycles. The van der Waals surface area contributed by atoms with Crippen LogP contribution < -0.4 is 0 Å². The lowest BCUT2D eigenvalue weighted by molar-refractivity contribution is 0.328. The first kappa shape index (κ1) is 11.7. The van der Waals surface area contributed by atoms with Gasteiger partial charge in [0.15, 0.2) is 0 Å². The average molecular weight is 235 g/mol. The molecule has 0 N–H and O–H groups in total. The molecule has 0 atom stereocenters. The maximum Gasteiger partial charge on any atom is 0.0406 e. The lowest BCUT2D eigenvalue weighted by Crippen LogP contribution is -2.12. The predicted molar refractivity (Wildman–Crippen MR) is 71.0 cm³/mol. The van der Waals surface area contributed by atoms with Crippen LogP contribution in [0, 0.1) is 5.92 Å². The highest BCUT2D eigenvalue weighted by Crippen LogP contribution is 2.37. The van der Waals surface area contributed by atoms with Crippen LogP contribution in [0.5, 0.6) is 0 Å². The molecule has 0 unspecified atom stereocenters. The summed E-state index contributed by atoms with van der Waals surface area (Å²) < 4.78 is 0. The molecule has 1 heteroatoms. The Balaban J connectivity index is 1.93. The van der Waals surface area contributed by atoms with Crippen LogP contribution in [0.2, 0.25) is 5.02 Å². The van der Waals surface area contributed by atoms with Gasteiger partial charge in [0.1, 0.15) is 0 Å². The van der Waals surface area contributed by atoms with Crippen molar-refractivity contribution in [2.24, 2.45) is 5.92 Å². The lowest BCUT2D eigenvalue weighted by Gasteiger charge is -2.28. The second kappa shape index (κ2) is 5.54. The second-order valence-electron chi connectivity index (χ2n) is 4.79. The number of halogens is 1. The Morgan fingerprint density at radius 3 is 2.31 bits per heavy atom. The van der Waals surface area contributed by atoms with Gasteiger partial charge in [-0.3, -0.25) is 0 Å². The van der Waals surface area contributed by atoms with Gasteiger partial charge in [-0.15, -0.1) is 6.58 Å². The number of hydrogen-bond acceptors (Lipinski definition) is 0. The highest BCUT2D eigenvalue weighted by Gasteiger charge is 2.21. The second-order valence-corrected chi connectivity index (χ2v) is 5.23. The van der Waals surface area contributed by atoms with Crippen LogP contribution in [0.1, 0.15) is 43.6 Å². The molecule has 0 radical (unpaired) electrons. The van der Waals surface area contributed by atoms with Gasteiger partial charge in [0, 0.05) is 5.02 Å². The van der Waals surface area contributed by atoms with Crippen molar-refractivity contribution in [2.75, 3.05) is 0 Å². The van der Waals surface area contributed by atoms with E-state index in [9.17, 15) is 0 Å². The van der Waals surface area contributed by atoms with E-state index < -0.39 is 0 Å². The quantitative estimate of drug-likeness (QED) is 0.632. The first-order chi connectivity index (χ1) is 7.79. The summed E-state index contributed by atoms with van der Waals surface area (Å²) in [6.07, 6.45) is 8.58. The van der Waals surface area contributed by atoms with Crippen molar-refractivity contribution < 1.29 is 0 Å². The van der Waals surface area contributed by atoms with Gasteiger partial charge in [-0.1, -0.05) is 29.8 Å². The zero-order chi connectivity index (χ0) is 11.4. The first-order valence-corrected chi connectivity index (χ1v) is 6.53. The fourth-order valence-corrected chi connectivity index (χ4v) is 2.83. The summed E-state index contributed by atoms with van der Waals surface area (Å²) in [7, 11) is 0. The minimum atomic E-state index is 0.748. The highest BCUT2D eigenvalue weighted by atomic mass is 35.5. The summed E-state index contributed by atoms with van der Waals surface area (Å²) in [6.45, 7) is 3.83. The molecule has 0 bridgehead atoms. The summed E-state index contributed by atoms with van der Waals surface area (Å²) in [5.74, 6) is 1.62. The Labute approximate surface area is 103 Å². The monoisotopic (exact) mass is 234 g/mol. The topological polar surface area (TPSA) is 0 Å². The van der Waals surface area contributed by atoms with Gasteiger partial charge in [-0.2, -0.15) is 0 Å². The molecular weight excluding hydrogens is 216 g/mol. The van der Waals surface area contributed by atoms with E-state index in [2.05, 4.69) is 24.8 Å². The summed E-state index contributed by atoms with van der Waals surface area (Å²) in [4.78, 5) is 0. The first-order valence-electron chi connectivity index (χ1n) is 6.16. The minimum absolute atomic E-state index is 0.748. The molecule has 1 saturated carbocycles. The van der Waals surface area contributed by atoms with Crippen LogP contribution in [0.4, 0.5) is 0 Å². The third-order valence-electron chi connectivity index (χ3n) is 3.69. The third-order valence-corrected chi connectivity index (χ3v) is 3.94. The van der Waals surface area contributed by atoms with Crippen LogP contribution in [0.15, 0.2) is 36.9 Å². The van der Waals surface area contributed by atoms with Crippen LogP contribution >= 0.6 is 11.6 Å². The van der Waals surface area contributed by atoms with Crippen molar-refractivity contribution in [3.05, 3.63) is 47.5 Å². The Kier molecular flexibility index (Phi) is 4.06. The van der Waals surface area contributed by atoms with Gasteiger partial charge in [0.25, 0.3) is 0 Å². The molecule has 1 aromatic carbocycles. The number of allylic oxidation sites excluding steroid dienone is 1. The largest absolute Gasteiger partial charge is 0.103 e. The van der Waals surface area contributed by atoms with E-state index in [4.69, 9.17) is 11.6 Å². The fourth-order valence-electron chi connectivity index (χ4n) is 2.70. The molecule has 86 valence electrons. The molecule has 0 amide bonds. The van der Waals surface area contributed by atoms with E-state index in [0.29, 0.717) is 0 Å². The normalized spacial score (nSPS) is 25.3. The van der Waals surface area contributed by atoms with E-state index in [1.807, 2.05) is 12.1 Å². The van der Waals surface area contributed by atoms with Crippen LogP contribution in [-0.4, -0.2) is 0 Å². The maximum atomic E-state index is 5.90. The molecule has 2 rings (SSSR count). The summed E-state index contributed by atoms with van der Waals surface area (Å²) in [5, 5.41) is 0.837. The molecule has 1 aromatic rings. The van der Waals surface area contributed by atoms with Crippen LogP contribution in [-0.2, 0) is 0 Å². The minimum Gasteiger partial charge on any atom is -0.103 e. The summed E-state index contributed by atoms with van der Waals surface area (Å²) in [6, 6.07) is 8.38. The molecule has 0 nitrogen and oxygen atoms in total. The van der Waals surface area contributed by atoms with Gasteiger partial charge in [-0.05, 0) is 61.6 Å². The Morgan fingerprint density at radius 1 is 1.12 bits per heavy atom. The smallest absolute Gasteiger partial charge is 0.0406 e. The Hall–Kier alpha value is -0.750. The van der Waals surface area contributed by atoms with Gasteiger partial charge in [0.05, 0.1) is 0 Å². The van der Waals surface area contributed by atoms with Crippen molar-refractivity contribution in [3.8, 4) is 0 Å². The average Bonchev–Trinajstić information content (AvgIpc) is 2.32. The molecule has 16 heavy (non-hydrogen) atoms. The molecule has 0 spiro atoms. The molecular formula is C15H19Cl. The van der Waals surface area contributed by atoms with Gasteiger partial charge < -0.3 is 0 Å². The van der Waals surface area contributed by atoms with E-state index in [1.54, 1.807) is 0 Å². The standard InChI is InChI=1S/C15H19Cl/c1-2-3-12-4-6-13(7-5-12)14-8-10-15(16)11-9-14/h2,8-13H,1,3-7H2. The summed E-state index contributed by atoms with van der Waals surface area (Å²) in [5.41, 5.74) is 1.46. The summed E-state index contributed by atoms with van der Waals surface area (Å²) >= 11 is 5.90. The zero-order valence-electron chi connectivity index (χ0n) is 9.66. The fraction of sp³-hybridized carbons (Fsp3) is 0.467. The molecule has 1 aliphatic rings. The van der Waals surface area contributed by atoms with Gasteiger partial charge >= 0.3 is 0 Å². The Bertz CT molecular complexity index is 331. The van der Waals surface area contributed by atoms with Gasteiger partial charge in [0.2, 0.25) is 0 Å². The SMILES string of the molecule is C=CCC1CCC(c2ccc(Cl)cc2)CC1. The van der Waals surface area contributed by atoms with Crippen LogP contribution in [0.3, 0.4) is 0 Å². The zero-order valence-corrected chi connectivity index (χ0v) is 10.4. The van der Waals surface area contributed by atoms with Crippen molar-refractivity contribution >= 4 is 11.6 Å². The van der Waals surface area contributed by atoms with E-state index in [0.717, 1.165) is 16.9 Å². The van der Waals surface area contributed by atoms with Crippen molar-refractivity contribution in [2.45, 2.75) is 38.0 Å². The van der Waals surface area contributed by atoms with Crippen molar-refractivity contribution in [3.63, 3.8) is 0 Å². The van der Waals surface area contributed by atoms with Crippen molar-refractivity contribution in [1.82, 2.24) is 0 Å². The highest BCUT2D eigenvalue weighted by molar-refractivity contribution is 6.30. The van der Waals surface area contributed by atoms with E-state index in [1.165, 1.54) is 37.7 Å². The molecule has 1 aliphatic carbocycles. The van der Waals surface area contributed by atoms with Crippen molar-refractivity contribution in [1.29, 1.82) is 0 Å². The molecule has 0 heterocycles. The third kappa shape index (κ3) is 2.89.